The zero-order valence-corrected chi connectivity index (χ0v) is 8.90. The summed E-state index contributed by atoms with van der Waals surface area (Å²) in [6.07, 6.45) is -0.438. The molecule has 0 aliphatic heterocycles. The summed E-state index contributed by atoms with van der Waals surface area (Å²) < 4.78 is 4.91. The Kier molecular flexibility index (Phi) is 4.26. The van der Waals surface area contributed by atoms with Gasteiger partial charge in [0.05, 0.1) is 6.10 Å². The van der Waals surface area contributed by atoms with Gasteiger partial charge in [0.1, 0.15) is 18.2 Å². The number of nitrogens with two attached hydrogens (primary N) is 1. The van der Waals surface area contributed by atoms with Gasteiger partial charge in [0, 0.05) is 19.7 Å². The van der Waals surface area contributed by atoms with Crippen molar-refractivity contribution in [2.75, 3.05) is 24.7 Å². The molecule has 0 aliphatic carbocycles. The standard InChI is InChI=1S/C9H16N4O2/c1-6(14)4-11-8-3-7(10)12-9(13-8)5-15-2/h3,6,14H,4-5H2,1-2H3,(H3,10,11,12,13). The van der Waals surface area contributed by atoms with Crippen molar-refractivity contribution >= 4 is 11.6 Å². The van der Waals surface area contributed by atoms with E-state index in [1.165, 1.54) is 0 Å². The van der Waals surface area contributed by atoms with Gasteiger partial charge < -0.3 is 20.9 Å². The summed E-state index contributed by atoms with van der Waals surface area (Å²) in [5.74, 6) is 1.49. The van der Waals surface area contributed by atoms with Crippen molar-refractivity contribution in [1.29, 1.82) is 0 Å². The third-order valence-corrected chi connectivity index (χ3v) is 1.64. The summed E-state index contributed by atoms with van der Waals surface area (Å²) >= 11 is 0. The van der Waals surface area contributed by atoms with Crippen LogP contribution in [0.3, 0.4) is 0 Å². The highest BCUT2D eigenvalue weighted by Gasteiger charge is 2.03. The number of nitrogen functional groups attached to an aromatic ring is 1. The first-order valence-corrected chi connectivity index (χ1v) is 4.66. The molecule has 84 valence electrons. The number of nitrogens with zero attached hydrogens (tertiary/aromatic N) is 2. The number of methoxy groups -OCH3 is 1. The van der Waals surface area contributed by atoms with E-state index in [4.69, 9.17) is 15.6 Å². The van der Waals surface area contributed by atoms with E-state index in [0.717, 1.165) is 0 Å². The predicted octanol–water partition coefficient (Wildman–Crippen LogP) is -0.00210. The van der Waals surface area contributed by atoms with E-state index < -0.39 is 6.10 Å². The van der Waals surface area contributed by atoms with Crippen LogP contribution in [-0.4, -0.2) is 34.8 Å². The maximum Gasteiger partial charge on any atom is 0.158 e. The van der Waals surface area contributed by atoms with Crippen LogP contribution in [0.2, 0.25) is 0 Å². The Morgan fingerprint density at radius 2 is 2.33 bits per heavy atom. The van der Waals surface area contributed by atoms with Crippen molar-refractivity contribution in [3.63, 3.8) is 0 Å². The van der Waals surface area contributed by atoms with Crippen LogP contribution in [0.4, 0.5) is 11.6 Å². The summed E-state index contributed by atoms with van der Waals surface area (Å²) in [4.78, 5) is 8.15. The second-order valence-corrected chi connectivity index (χ2v) is 3.26. The highest BCUT2D eigenvalue weighted by Crippen LogP contribution is 2.08. The smallest absolute Gasteiger partial charge is 0.158 e. The molecule has 0 fully saturated rings. The molecule has 0 aliphatic rings. The van der Waals surface area contributed by atoms with Crippen LogP contribution in [0.15, 0.2) is 6.07 Å². The topological polar surface area (TPSA) is 93.3 Å². The average molecular weight is 212 g/mol. The first-order valence-electron chi connectivity index (χ1n) is 4.66. The number of ether oxygens (including phenoxy) is 1. The Hall–Kier alpha value is -1.40. The van der Waals surface area contributed by atoms with Crippen LogP contribution in [-0.2, 0) is 11.3 Å². The molecule has 0 bridgehead atoms. The summed E-state index contributed by atoms with van der Waals surface area (Å²) in [6, 6.07) is 1.61. The highest BCUT2D eigenvalue weighted by atomic mass is 16.5. The highest BCUT2D eigenvalue weighted by molar-refractivity contribution is 5.44. The van der Waals surface area contributed by atoms with E-state index in [-0.39, 0.29) is 0 Å². The lowest BCUT2D eigenvalue weighted by atomic mass is 10.4. The number of nitrogens with one attached hydrogen (secondary N) is 1. The van der Waals surface area contributed by atoms with Crippen LogP contribution in [0.1, 0.15) is 12.7 Å². The molecule has 0 radical (unpaired) electrons. The minimum absolute atomic E-state index is 0.314. The fraction of sp³-hybridized carbons (Fsp3) is 0.556. The van der Waals surface area contributed by atoms with Gasteiger partial charge >= 0.3 is 0 Å². The van der Waals surface area contributed by atoms with Crippen LogP contribution < -0.4 is 11.1 Å². The number of aromatic nitrogens is 2. The predicted molar refractivity (Wildman–Crippen MR) is 57.3 cm³/mol. The minimum Gasteiger partial charge on any atom is -0.392 e. The normalized spacial score (nSPS) is 12.5. The molecule has 0 saturated heterocycles. The molecule has 4 N–H and O–H groups in total. The lowest BCUT2D eigenvalue weighted by molar-refractivity contribution is 0.178. The lowest BCUT2D eigenvalue weighted by Crippen LogP contribution is -2.17. The number of hydrogen-bond acceptors (Lipinski definition) is 6. The Morgan fingerprint density at radius 1 is 1.60 bits per heavy atom. The van der Waals surface area contributed by atoms with Gasteiger partial charge in [-0.05, 0) is 6.92 Å². The number of rotatable bonds is 5. The summed E-state index contributed by atoms with van der Waals surface area (Å²) in [7, 11) is 1.56. The molecular weight excluding hydrogens is 196 g/mol. The second-order valence-electron chi connectivity index (χ2n) is 3.26. The quantitative estimate of drug-likeness (QED) is 0.636. The molecule has 1 rings (SSSR count). The molecule has 1 atom stereocenters. The van der Waals surface area contributed by atoms with E-state index in [0.29, 0.717) is 30.6 Å². The van der Waals surface area contributed by atoms with E-state index in [2.05, 4.69) is 15.3 Å². The molecule has 6 heteroatoms. The fourth-order valence-corrected chi connectivity index (χ4v) is 1.05. The molecule has 0 aromatic carbocycles. The van der Waals surface area contributed by atoms with Crippen molar-refractivity contribution in [3.8, 4) is 0 Å². The molecule has 0 amide bonds. The number of hydrogen-bond donors (Lipinski definition) is 3. The molecule has 0 spiro atoms. The maximum absolute atomic E-state index is 9.09. The third-order valence-electron chi connectivity index (χ3n) is 1.64. The lowest BCUT2D eigenvalue weighted by Gasteiger charge is -2.09. The van der Waals surface area contributed by atoms with Crippen molar-refractivity contribution in [1.82, 2.24) is 9.97 Å². The average Bonchev–Trinajstić information content (AvgIpc) is 2.14. The molecular formula is C9H16N4O2. The molecule has 1 aromatic rings. The van der Waals surface area contributed by atoms with Gasteiger partial charge in [-0.1, -0.05) is 0 Å². The first-order chi connectivity index (χ1) is 7.11. The Bertz CT molecular complexity index is 317. The fourth-order valence-electron chi connectivity index (χ4n) is 1.05. The van der Waals surface area contributed by atoms with Crippen LogP contribution >= 0.6 is 0 Å². The van der Waals surface area contributed by atoms with Crippen LogP contribution in [0.25, 0.3) is 0 Å². The minimum atomic E-state index is -0.438. The van der Waals surface area contributed by atoms with Crippen molar-refractivity contribution < 1.29 is 9.84 Å². The van der Waals surface area contributed by atoms with E-state index in [1.54, 1.807) is 20.1 Å². The largest absolute Gasteiger partial charge is 0.392 e. The number of anilines is 2. The van der Waals surface area contributed by atoms with Gasteiger partial charge in [0.2, 0.25) is 0 Å². The van der Waals surface area contributed by atoms with Gasteiger partial charge in [0.25, 0.3) is 0 Å². The molecule has 0 saturated carbocycles. The molecule has 15 heavy (non-hydrogen) atoms. The SMILES string of the molecule is COCc1nc(N)cc(NCC(C)O)n1. The Morgan fingerprint density at radius 3 is 2.93 bits per heavy atom. The summed E-state index contributed by atoms with van der Waals surface area (Å²) in [5, 5.41) is 12.0. The zero-order valence-electron chi connectivity index (χ0n) is 8.90. The summed E-state index contributed by atoms with van der Waals surface area (Å²) in [5.41, 5.74) is 5.59. The third kappa shape index (κ3) is 4.09. The van der Waals surface area contributed by atoms with Gasteiger partial charge in [-0.25, -0.2) is 9.97 Å². The second kappa shape index (κ2) is 5.47. The first kappa shape index (κ1) is 11.7. The molecule has 6 nitrogen and oxygen atoms in total. The number of aliphatic hydroxyl groups excluding tert-OH is 1. The van der Waals surface area contributed by atoms with E-state index in [1.807, 2.05) is 0 Å². The van der Waals surface area contributed by atoms with Crippen molar-refractivity contribution in [2.24, 2.45) is 0 Å². The zero-order chi connectivity index (χ0) is 11.3. The van der Waals surface area contributed by atoms with E-state index >= 15 is 0 Å². The van der Waals surface area contributed by atoms with Gasteiger partial charge in [0.15, 0.2) is 5.82 Å². The van der Waals surface area contributed by atoms with Crippen LogP contribution in [0.5, 0.6) is 0 Å². The molecule has 1 heterocycles. The Balaban J connectivity index is 2.70. The molecule has 1 aromatic heterocycles. The van der Waals surface area contributed by atoms with Crippen molar-refractivity contribution in [2.45, 2.75) is 19.6 Å². The van der Waals surface area contributed by atoms with Crippen molar-refractivity contribution in [3.05, 3.63) is 11.9 Å². The summed E-state index contributed by atoms with van der Waals surface area (Å²) in [6.45, 7) is 2.42. The maximum atomic E-state index is 9.09. The van der Waals surface area contributed by atoms with E-state index in [9.17, 15) is 0 Å². The van der Waals surface area contributed by atoms with Gasteiger partial charge in [-0.2, -0.15) is 0 Å². The number of aliphatic hydroxyl groups is 1. The monoisotopic (exact) mass is 212 g/mol. The molecule has 1 unspecified atom stereocenters. The van der Waals surface area contributed by atoms with Gasteiger partial charge in [-0.15, -0.1) is 0 Å². The van der Waals surface area contributed by atoms with Crippen LogP contribution in [0, 0.1) is 0 Å². The van der Waals surface area contributed by atoms with Gasteiger partial charge in [-0.3, -0.25) is 0 Å². The Labute approximate surface area is 88.5 Å².